The summed E-state index contributed by atoms with van der Waals surface area (Å²) in [4.78, 5) is 15.8. The van der Waals surface area contributed by atoms with E-state index in [0.29, 0.717) is 6.42 Å². The van der Waals surface area contributed by atoms with Crippen molar-refractivity contribution in [2.75, 3.05) is 32.7 Å². The largest absolute Gasteiger partial charge is 0.481 e. The van der Waals surface area contributed by atoms with Gasteiger partial charge in [0.1, 0.15) is 0 Å². The molecule has 17 heavy (non-hydrogen) atoms. The third-order valence-corrected chi connectivity index (χ3v) is 4.04. The molecule has 98 valence electrons. The van der Waals surface area contributed by atoms with Crippen LogP contribution in [-0.2, 0) is 4.79 Å². The number of hydrogen-bond acceptors (Lipinski definition) is 3. The van der Waals surface area contributed by atoms with Crippen LogP contribution in [-0.4, -0.2) is 59.6 Å². The van der Waals surface area contributed by atoms with Crippen LogP contribution in [0.4, 0.5) is 0 Å². The van der Waals surface area contributed by atoms with Gasteiger partial charge < -0.3 is 10.0 Å². The fourth-order valence-corrected chi connectivity index (χ4v) is 3.06. The maximum atomic E-state index is 10.9. The van der Waals surface area contributed by atoms with Gasteiger partial charge >= 0.3 is 5.97 Å². The Balaban J connectivity index is 1.78. The molecule has 0 amide bonds. The number of carboxylic acids is 1. The number of nitrogens with zero attached hydrogens (tertiary/aromatic N) is 2. The van der Waals surface area contributed by atoms with E-state index in [1.165, 1.54) is 38.8 Å². The van der Waals surface area contributed by atoms with Crippen molar-refractivity contribution in [2.24, 2.45) is 0 Å². The molecule has 2 heterocycles. The van der Waals surface area contributed by atoms with Crippen LogP contribution in [0.25, 0.3) is 0 Å². The van der Waals surface area contributed by atoms with E-state index in [0.717, 1.165) is 26.1 Å². The minimum absolute atomic E-state index is 0.260. The molecule has 1 atom stereocenters. The van der Waals surface area contributed by atoms with E-state index in [1.807, 2.05) is 0 Å². The summed E-state index contributed by atoms with van der Waals surface area (Å²) in [7, 11) is 0. The van der Waals surface area contributed by atoms with E-state index in [4.69, 9.17) is 5.11 Å². The van der Waals surface area contributed by atoms with Crippen LogP contribution in [0, 0.1) is 0 Å². The average molecular weight is 240 g/mol. The second kappa shape index (κ2) is 6.36. The van der Waals surface area contributed by atoms with Gasteiger partial charge in [-0.05, 0) is 64.8 Å². The standard InChI is InChI=1S/C13H24N2O2/c16-13(17)11-12(15-8-3-4-9-15)5-10-14-6-1-2-7-14/h12H,1-11H2,(H,16,17). The molecule has 1 N–H and O–H groups in total. The predicted octanol–water partition coefficient (Wildman–Crippen LogP) is 1.41. The molecule has 2 rings (SSSR count). The molecular formula is C13H24N2O2. The van der Waals surface area contributed by atoms with Crippen molar-refractivity contribution in [1.29, 1.82) is 0 Å². The molecule has 0 radical (unpaired) electrons. The van der Waals surface area contributed by atoms with E-state index in [1.54, 1.807) is 0 Å². The first-order chi connectivity index (χ1) is 8.25. The lowest BCUT2D eigenvalue weighted by atomic mass is 10.1. The molecule has 2 fully saturated rings. The topological polar surface area (TPSA) is 43.8 Å². The number of likely N-dealkylation sites (tertiary alicyclic amines) is 2. The highest BCUT2D eigenvalue weighted by molar-refractivity contribution is 5.67. The zero-order chi connectivity index (χ0) is 12.1. The number of hydrogen-bond donors (Lipinski definition) is 1. The first kappa shape index (κ1) is 12.8. The van der Waals surface area contributed by atoms with Gasteiger partial charge in [0, 0.05) is 6.04 Å². The number of carbonyl (C=O) groups is 1. The van der Waals surface area contributed by atoms with Gasteiger partial charge in [-0.25, -0.2) is 0 Å². The summed E-state index contributed by atoms with van der Waals surface area (Å²) in [6.07, 6.45) is 6.43. The summed E-state index contributed by atoms with van der Waals surface area (Å²) >= 11 is 0. The SMILES string of the molecule is O=C(O)CC(CCN1CCCC1)N1CCCC1. The second-order valence-electron chi connectivity index (χ2n) is 5.33. The van der Waals surface area contributed by atoms with E-state index < -0.39 is 5.97 Å². The van der Waals surface area contributed by atoms with Gasteiger partial charge in [0.05, 0.1) is 6.42 Å². The van der Waals surface area contributed by atoms with Crippen molar-refractivity contribution in [3.63, 3.8) is 0 Å². The first-order valence-electron chi connectivity index (χ1n) is 6.94. The minimum atomic E-state index is -0.650. The Kier molecular flexibility index (Phi) is 4.80. The smallest absolute Gasteiger partial charge is 0.304 e. The van der Waals surface area contributed by atoms with Crippen LogP contribution < -0.4 is 0 Å². The average Bonchev–Trinajstić information content (AvgIpc) is 2.96. The molecule has 2 aliphatic rings. The quantitative estimate of drug-likeness (QED) is 0.762. The third-order valence-electron chi connectivity index (χ3n) is 4.04. The fourth-order valence-electron chi connectivity index (χ4n) is 3.06. The molecule has 0 aromatic heterocycles. The van der Waals surface area contributed by atoms with Crippen LogP contribution in [0.2, 0.25) is 0 Å². The highest BCUT2D eigenvalue weighted by atomic mass is 16.4. The van der Waals surface area contributed by atoms with Crippen LogP contribution in [0.5, 0.6) is 0 Å². The Morgan fingerprint density at radius 3 is 2.24 bits per heavy atom. The molecule has 0 aromatic carbocycles. The highest BCUT2D eigenvalue weighted by Crippen LogP contribution is 2.18. The predicted molar refractivity (Wildman–Crippen MR) is 67.1 cm³/mol. The maximum absolute atomic E-state index is 10.9. The normalized spacial score (nSPS) is 24.2. The number of carboxylic acid groups (broad SMARTS) is 1. The molecular weight excluding hydrogens is 216 g/mol. The van der Waals surface area contributed by atoms with E-state index in [2.05, 4.69) is 9.80 Å². The minimum Gasteiger partial charge on any atom is -0.481 e. The van der Waals surface area contributed by atoms with Crippen molar-refractivity contribution in [2.45, 2.75) is 44.6 Å². The second-order valence-corrected chi connectivity index (χ2v) is 5.33. The lowest BCUT2D eigenvalue weighted by Crippen LogP contribution is -2.37. The fraction of sp³-hybridized carbons (Fsp3) is 0.923. The Hall–Kier alpha value is -0.610. The molecule has 0 bridgehead atoms. The molecule has 0 aliphatic carbocycles. The molecule has 1 unspecified atom stereocenters. The first-order valence-corrected chi connectivity index (χ1v) is 6.94. The van der Waals surface area contributed by atoms with Gasteiger partial charge in [0.2, 0.25) is 0 Å². The van der Waals surface area contributed by atoms with Crippen LogP contribution in [0.15, 0.2) is 0 Å². The molecule has 0 saturated carbocycles. The van der Waals surface area contributed by atoms with Gasteiger partial charge in [0.25, 0.3) is 0 Å². The molecule has 2 aliphatic heterocycles. The van der Waals surface area contributed by atoms with Gasteiger partial charge in [-0.2, -0.15) is 0 Å². The molecule has 2 saturated heterocycles. The monoisotopic (exact) mass is 240 g/mol. The van der Waals surface area contributed by atoms with E-state index in [-0.39, 0.29) is 6.04 Å². The summed E-state index contributed by atoms with van der Waals surface area (Å²) in [6.45, 7) is 5.68. The van der Waals surface area contributed by atoms with Gasteiger partial charge in [0.15, 0.2) is 0 Å². The van der Waals surface area contributed by atoms with Crippen LogP contribution >= 0.6 is 0 Å². The Morgan fingerprint density at radius 1 is 1.06 bits per heavy atom. The third kappa shape index (κ3) is 3.96. The van der Waals surface area contributed by atoms with Gasteiger partial charge in [-0.15, -0.1) is 0 Å². The molecule has 0 spiro atoms. The highest BCUT2D eigenvalue weighted by Gasteiger charge is 2.25. The summed E-state index contributed by atoms with van der Waals surface area (Å²) in [6, 6.07) is 0.260. The van der Waals surface area contributed by atoms with Crippen LogP contribution in [0.1, 0.15) is 38.5 Å². The summed E-state index contributed by atoms with van der Waals surface area (Å²) < 4.78 is 0. The number of aliphatic carboxylic acids is 1. The van der Waals surface area contributed by atoms with Gasteiger partial charge in [-0.1, -0.05) is 0 Å². The maximum Gasteiger partial charge on any atom is 0.304 e. The zero-order valence-corrected chi connectivity index (χ0v) is 10.6. The molecule has 4 heteroatoms. The van der Waals surface area contributed by atoms with Gasteiger partial charge in [-0.3, -0.25) is 9.69 Å². The van der Waals surface area contributed by atoms with Crippen molar-refractivity contribution in [3.05, 3.63) is 0 Å². The van der Waals surface area contributed by atoms with Crippen LogP contribution in [0.3, 0.4) is 0 Å². The lowest BCUT2D eigenvalue weighted by molar-refractivity contribution is -0.138. The Labute approximate surface area is 104 Å². The zero-order valence-electron chi connectivity index (χ0n) is 10.6. The van der Waals surface area contributed by atoms with E-state index >= 15 is 0 Å². The van der Waals surface area contributed by atoms with Crippen molar-refractivity contribution < 1.29 is 9.90 Å². The van der Waals surface area contributed by atoms with Crippen molar-refractivity contribution in [3.8, 4) is 0 Å². The van der Waals surface area contributed by atoms with Crippen molar-refractivity contribution in [1.82, 2.24) is 9.80 Å². The summed E-state index contributed by atoms with van der Waals surface area (Å²) in [5.74, 6) is -0.650. The summed E-state index contributed by atoms with van der Waals surface area (Å²) in [5, 5.41) is 9.00. The Morgan fingerprint density at radius 2 is 1.65 bits per heavy atom. The Bertz CT molecular complexity index is 246. The molecule has 0 aromatic rings. The number of rotatable bonds is 6. The van der Waals surface area contributed by atoms with Crippen molar-refractivity contribution >= 4 is 5.97 Å². The summed E-state index contributed by atoms with van der Waals surface area (Å²) in [5.41, 5.74) is 0. The molecule has 4 nitrogen and oxygen atoms in total. The lowest BCUT2D eigenvalue weighted by Gasteiger charge is -2.28. The van der Waals surface area contributed by atoms with E-state index in [9.17, 15) is 4.79 Å².